The van der Waals surface area contributed by atoms with Crippen LogP contribution in [-0.4, -0.2) is 69.8 Å². The van der Waals surface area contributed by atoms with Gasteiger partial charge in [-0.1, -0.05) is 30.7 Å². The molecule has 162 valence electrons. The lowest BCUT2D eigenvalue weighted by Crippen LogP contribution is -2.44. The van der Waals surface area contributed by atoms with E-state index >= 15 is 0 Å². The van der Waals surface area contributed by atoms with E-state index in [2.05, 4.69) is 54.5 Å². The van der Waals surface area contributed by atoms with E-state index in [0.29, 0.717) is 0 Å². The first-order valence-electron chi connectivity index (χ1n) is 10.9. The van der Waals surface area contributed by atoms with E-state index in [1.807, 2.05) is 11.7 Å². The second-order valence-electron chi connectivity index (χ2n) is 8.70. The predicted molar refractivity (Wildman–Crippen MR) is 124 cm³/mol. The van der Waals surface area contributed by atoms with E-state index in [-0.39, 0.29) is 17.0 Å². The molecule has 1 N–H and O–H groups in total. The van der Waals surface area contributed by atoms with Crippen LogP contribution >= 0.6 is 17.0 Å². The van der Waals surface area contributed by atoms with E-state index < -0.39 is 0 Å². The molecule has 0 saturated carbocycles. The topological polar surface area (TPSA) is 61.6 Å². The third-order valence-corrected chi connectivity index (χ3v) is 6.92. The zero-order valence-electron chi connectivity index (χ0n) is 17.7. The van der Waals surface area contributed by atoms with Crippen molar-refractivity contribution < 1.29 is 0 Å². The molecule has 8 heteroatoms. The van der Waals surface area contributed by atoms with Gasteiger partial charge in [0.1, 0.15) is 12.7 Å². The highest BCUT2D eigenvalue weighted by atomic mass is 79.9. The van der Waals surface area contributed by atoms with Gasteiger partial charge in [0.25, 0.3) is 0 Å². The SMILES string of the molecule is Br.CN=C(NCc1ccc(Cn2cncn2)cc1)N1CC2CN3CCCCC3C2C1. The molecule has 30 heavy (non-hydrogen) atoms. The van der Waals surface area contributed by atoms with E-state index in [4.69, 9.17) is 0 Å². The number of hydrogen-bond acceptors (Lipinski definition) is 4. The smallest absolute Gasteiger partial charge is 0.193 e. The van der Waals surface area contributed by atoms with Crippen molar-refractivity contribution in [2.24, 2.45) is 16.8 Å². The van der Waals surface area contributed by atoms with Crippen LogP contribution in [0.1, 0.15) is 30.4 Å². The van der Waals surface area contributed by atoms with Crippen molar-refractivity contribution in [2.45, 2.75) is 38.4 Å². The average Bonchev–Trinajstić information content (AvgIpc) is 3.46. The molecule has 0 aliphatic carbocycles. The predicted octanol–water partition coefficient (Wildman–Crippen LogP) is 2.40. The largest absolute Gasteiger partial charge is 0.352 e. The Kier molecular flexibility index (Phi) is 6.73. The number of nitrogens with zero attached hydrogens (tertiary/aromatic N) is 6. The Morgan fingerprint density at radius 2 is 1.97 bits per heavy atom. The first-order valence-corrected chi connectivity index (χ1v) is 10.9. The van der Waals surface area contributed by atoms with Crippen molar-refractivity contribution in [1.82, 2.24) is 29.9 Å². The van der Waals surface area contributed by atoms with Crippen LogP contribution in [0.4, 0.5) is 0 Å². The van der Waals surface area contributed by atoms with Crippen LogP contribution in [-0.2, 0) is 13.1 Å². The van der Waals surface area contributed by atoms with Crippen LogP contribution in [0.5, 0.6) is 0 Å². The van der Waals surface area contributed by atoms with E-state index in [9.17, 15) is 0 Å². The monoisotopic (exact) mass is 473 g/mol. The summed E-state index contributed by atoms with van der Waals surface area (Å²) in [7, 11) is 1.91. The summed E-state index contributed by atoms with van der Waals surface area (Å²) in [6, 6.07) is 9.52. The Morgan fingerprint density at radius 3 is 2.73 bits per heavy atom. The fourth-order valence-corrected chi connectivity index (χ4v) is 5.51. The first kappa shape index (κ1) is 21.3. The fourth-order valence-electron chi connectivity index (χ4n) is 5.51. The quantitative estimate of drug-likeness (QED) is 0.545. The van der Waals surface area contributed by atoms with Crippen molar-refractivity contribution in [1.29, 1.82) is 0 Å². The molecule has 3 atom stereocenters. The Bertz CT molecular complexity index is 836. The van der Waals surface area contributed by atoms with E-state index in [1.165, 1.54) is 43.5 Å². The van der Waals surface area contributed by atoms with Crippen LogP contribution < -0.4 is 5.32 Å². The molecule has 2 aromatic rings. The maximum atomic E-state index is 4.58. The maximum Gasteiger partial charge on any atom is 0.193 e. The van der Waals surface area contributed by atoms with Gasteiger partial charge in [-0.15, -0.1) is 17.0 Å². The number of aromatic nitrogens is 3. The number of nitrogens with one attached hydrogen (secondary N) is 1. The standard InChI is InChI=1S/C22H31N7.BrH/c1-23-22(28-13-19-12-27-9-3-2-4-21(27)20(19)14-28)25-10-17-5-7-18(8-6-17)11-29-16-24-15-26-29;/h5-8,15-16,19-21H,2-4,9-14H2,1H3,(H,23,25);1H. The average molecular weight is 474 g/mol. The molecule has 7 nitrogen and oxygen atoms in total. The number of piperidine rings is 1. The minimum atomic E-state index is 0. The molecule has 0 spiro atoms. The molecule has 3 saturated heterocycles. The highest BCUT2D eigenvalue weighted by molar-refractivity contribution is 8.93. The summed E-state index contributed by atoms with van der Waals surface area (Å²) in [5, 5.41) is 7.76. The molecule has 3 aliphatic rings. The highest BCUT2D eigenvalue weighted by Gasteiger charge is 2.47. The van der Waals surface area contributed by atoms with Crippen LogP contribution in [0, 0.1) is 11.8 Å². The van der Waals surface area contributed by atoms with E-state index in [0.717, 1.165) is 50.0 Å². The summed E-state index contributed by atoms with van der Waals surface area (Å²) in [5.74, 6) is 2.69. The summed E-state index contributed by atoms with van der Waals surface area (Å²) in [5.41, 5.74) is 2.50. The molecule has 1 aromatic carbocycles. The van der Waals surface area contributed by atoms with Gasteiger partial charge < -0.3 is 10.2 Å². The van der Waals surface area contributed by atoms with Gasteiger partial charge in [-0.3, -0.25) is 9.89 Å². The lowest BCUT2D eigenvalue weighted by molar-refractivity contribution is 0.164. The molecular formula is C22H32BrN7. The number of benzene rings is 1. The van der Waals surface area contributed by atoms with Gasteiger partial charge in [0.05, 0.1) is 6.54 Å². The number of likely N-dealkylation sites (tertiary alicyclic amines) is 1. The summed E-state index contributed by atoms with van der Waals surface area (Å²) in [6.07, 6.45) is 7.51. The maximum absolute atomic E-state index is 4.58. The number of fused-ring (bicyclic) bond motifs is 3. The fraction of sp³-hybridized carbons (Fsp3) is 0.591. The molecule has 0 radical (unpaired) electrons. The van der Waals surface area contributed by atoms with Gasteiger partial charge in [-0.2, -0.15) is 5.10 Å². The van der Waals surface area contributed by atoms with Gasteiger partial charge in [-0.25, -0.2) is 9.67 Å². The zero-order valence-corrected chi connectivity index (χ0v) is 19.4. The minimum absolute atomic E-state index is 0. The lowest BCUT2D eigenvalue weighted by Gasteiger charge is -2.33. The number of guanidine groups is 1. The lowest BCUT2D eigenvalue weighted by atomic mass is 9.90. The molecule has 5 rings (SSSR count). The number of rotatable bonds is 4. The number of halogens is 1. The zero-order chi connectivity index (χ0) is 19.6. The molecule has 3 fully saturated rings. The molecule has 0 amide bonds. The first-order chi connectivity index (χ1) is 14.3. The van der Waals surface area contributed by atoms with Crippen LogP contribution in [0.25, 0.3) is 0 Å². The Balaban J connectivity index is 0.00000218. The van der Waals surface area contributed by atoms with Crippen molar-refractivity contribution in [2.75, 3.05) is 33.2 Å². The normalized spacial score (nSPS) is 26.2. The van der Waals surface area contributed by atoms with Crippen LogP contribution in [0.3, 0.4) is 0 Å². The molecular weight excluding hydrogens is 442 g/mol. The van der Waals surface area contributed by atoms with Crippen molar-refractivity contribution >= 4 is 22.9 Å². The van der Waals surface area contributed by atoms with Crippen molar-refractivity contribution in [3.8, 4) is 0 Å². The van der Waals surface area contributed by atoms with Crippen LogP contribution in [0.2, 0.25) is 0 Å². The Hall–Kier alpha value is -1.93. The Labute approximate surface area is 189 Å². The number of aliphatic imine (C=N–C) groups is 1. The summed E-state index contributed by atoms with van der Waals surface area (Å²) in [4.78, 5) is 13.8. The van der Waals surface area contributed by atoms with Crippen molar-refractivity contribution in [3.63, 3.8) is 0 Å². The molecule has 4 heterocycles. The molecule has 0 bridgehead atoms. The minimum Gasteiger partial charge on any atom is -0.352 e. The van der Waals surface area contributed by atoms with Gasteiger partial charge in [0.2, 0.25) is 0 Å². The summed E-state index contributed by atoms with van der Waals surface area (Å²) < 4.78 is 1.84. The molecule has 3 aliphatic heterocycles. The third-order valence-electron chi connectivity index (χ3n) is 6.92. The van der Waals surface area contributed by atoms with E-state index in [1.54, 1.807) is 12.7 Å². The highest BCUT2D eigenvalue weighted by Crippen LogP contribution is 2.40. The second-order valence-corrected chi connectivity index (χ2v) is 8.70. The van der Waals surface area contributed by atoms with Gasteiger partial charge in [-0.05, 0) is 42.3 Å². The Morgan fingerprint density at radius 1 is 1.13 bits per heavy atom. The van der Waals surface area contributed by atoms with Crippen LogP contribution in [0.15, 0.2) is 41.9 Å². The molecule has 1 aromatic heterocycles. The van der Waals surface area contributed by atoms with Gasteiger partial charge in [0, 0.05) is 39.3 Å². The van der Waals surface area contributed by atoms with Crippen molar-refractivity contribution in [3.05, 3.63) is 48.0 Å². The summed E-state index contributed by atoms with van der Waals surface area (Å²) >= 11 is 0. The molecule has 3 unspecified atom stereocenters. The third kappa shape index (κ3) is 4.39. The van der Waals surface area contributed by atoms with Gasteiger partial charge in [0.15, 0.2) is 5.96 Å². The number of hydrogen-bond donors (Lipinski definition) is 1. The summed E-state index contributed by atoms with van der Waals surface area (Å²) in [6.45, 7) is 6.46. The second kappa shape index (κ2) is 9.47. The van der Waals surface area contributed by atoms with Gasteiger partial charge >= 0.3 is 0 Å².